The van der Waals surface area contributed by atoms with Gasteiger partial charge in [0.2, 0.25) is 0 Å². The molecule has 6 nitrogen and oxygen atoms in total. The van der Waals surface area contributed by atoms with Crippen molar-refractivity contribution in [3.63, 3.8) is 0 Å². The molecular formula is C13H15N3O3. The normalized spacial score (nSPS) is 10.4. The van der Waals surface area contributed by atoms with Crippen molar-refractivity contribution in [2.45, 2.75) is 6.42 Å². The van der Waals surface area contributed by atoms with Gasteiger partial charge in [-0.15, -0.1) is 0 Å². The summed E-state index contributed by atoms with van der Waals surface area (Å²) < 4.78 is 1.70. The maximum absolute atomic E-state index is 11.8. The van der Waals surface area contributed by atoms with Crippen LogP contribution in [0.25, 0.3) is 0 Å². The van der Waals surface area contributed by atoms with Gasteiger partial charge in [0, 0.05) is 25.4 Å². The topological polar surface area (TPSA) is 87.4 Å². The van der Waals surface area contributed by atoms with E-state index in [2.05, 4.69) is 10.4 Å². The number of aromatic nitrogens is 2. The van der Waals surface area contributed by atoms with Gasteiger partial charge in [0.25, 0.3) is 5.91 Å². The van der Waals surface area contributed by atoms with E-state index >= 15 is 0 Å². The van der Waals surface area contributed by atoms with Crippen molar-refractivity contribution in [2.24, 2.45) is 7.05 Å². The maximum Gasteiger partial charge on any atom is 0.251 e. The first kappa shape index (κ1) is 12.9. The number of nitrogens with one attached hydrogen (secondary N) is 1. The minimum absolute atomic E-state index is 0.244. The molecule has 2 rings (SSSR count). The monoisotopic (exact) mass is 261 g/mol. The second-order valence-electron chi connectivity index (χ2n) is 4.23. The lowest BCUT2D eigenvalue weighted by Gasteiger charge is -2.05. The van der Waals surface area contributed by atoms with Gasteiger partial charge in [-0.1, -0.05) is 0 Å². The molecule has 0 radical (unpaired) electrons. The first-order valence-corrected chi connectivity index (χ1v) is 5.84. The van der Waals surface area contributed by atoms with E-state index in [1.54, 1.807) is 10.9 Å². The molecule has 0 saturated heterocycles. The number of hydrogen-bond donors (Lipinski definition) is 3. The molecule has 0 unspecified atom stereocenters. The van der Waals surface area contributed by atoms with Crippen LogP contribution in [0.1, 0.15) is 15.9 Å². The Morgan fingerprint density at radius 2 is 2.16 bits per heavy atom. The van der Waals surface area contributed by atoms with Crippen LogP contribution in [-0.2, 0) is 13.5 Å². The average molecular weight is 261 g/mol. The van der Waals surface area contributed by atoms with E-state index in [4.69, 9.17) is 5.11 Å². The van der Waals surface area contributed by atoms with Crippen molar-refractivity contribution in [3.8, 4) is 11.5 Å². The Kier molecular flexibility index (Phi) is 3.70. The molecule has 0 aliphatic carbocycles. The number of rotatable bonds is 4. The first-order chi connectivity index (χ1) is 9.06. The standard InChI is InChI=1S/C13H15N3O3/c1-16-8-9(7-15-16)4-5-14-13(19)10-2-3-11(17)12(18)6-10/h2-3,6-8,17-18H,4-5H2,1H3,(H,14,19). The van der Waals surface area contributed by atoms with Crippen LogP contribution < -0.4 is 5.32 Å². The summed E-state index contributed by atoms with van der Waals surface area (Å²) in [6.07, 6.45) is 4.32. The number of benzene rings is 1. The van der Waals surface area contributed by atoms with Crippen molar-refractivity contribution in [3.05, 3.63) is 41.7 Å². The largest absolute Gasteiger partial charge is 0.504 e. The van der Waals surface area contributed by atoms with E-state index in [0.717, 1.165) is 5.56 Å². The third-order valence-electron chi connectivity index (χ3n) is 2.70. The highest BCUT2D eigenvalue weighted by Gasteiger charge is 2.08. The number of nitrogens with zero attached hydrogens (tertiary/aromatic N) is 2. The van der Waals surface area contributed by atoms with Gasteiger partial charge in [0.1, 0.15) is 0 Å². The fraction of sp³-hybridized carbons (Fsp3) is 0.231. The lowest BCUT2D eigenvalue weighted by molar-refractivity contribution is 0.0953. The van der Waals surface area contributed by atoms with Crippen LogP contribution in [0.4, 0.5) is 0 Å². The molecule has 1 aromatic carbocycles. The van der Waals surface area contributed by atoms with Crippen molar-refractivity contribution < 1.29 is 15.0 Å². The highest BCUT2D eigenvalue weighted by Crippen LogP contribution is 2.24. The van der Waals surface area contributed by atoms with E-state index in [1.165, 1.54) is 18.2 Å². The van der Waals surface area contributed by atoms with Gasteiger partial charge in [-0.2, -0.15) is 5.10 Å². The number of carbonyl (C=O) groups excluding carboxylic acids is 1. The molecule has 6 heteroatoms. The molecule has 2 aromatic rings. The van der Waals surface area contributed by atoms with Crippen LogP contribution in [0.3, 0.4) is 0 Å². The SMILES string of the molecule is Cn1cc(CCNC(=O)c2ccc(O)c(O)c2)cn1. The minimum Gasteiger partial charge on any atom is -0.504 e. The summed E-state index contributed by atoms with van der Waals surface area (Å²) in [7, 11) is 1.83. The van der Waals surface area contributed by atoms with E-state index in [-0.39, 0.29) is 17.4 Å². The van der Waals surface area contributed by atoms with Crippen LogP contribution >= 0.6 is 0 Å². The smallest absolute Gasteiger partial charge is 0.251 e. The zero-order chi connectivity index (χ0) is 13.8. The molecule has 0 saturated carbocycles. The lowest BCUT2D eigenvalue weighted by atomic mass is 10.2. The Balaban J connectivity index is 1.89. The molecule has 1 heterocycles. The van der Waals surface area contributed by atoms with Gasteiger partial charge in [0.15, 0.2) is 11.5 Å². The molecule has 0 atom stereocenters. The van der Waals surface area contributed by atoms with Crippen LogP contribution in [0.5, 0.6) is 11.5 Å². The fourth-order valence-electron chi connectivity index (χ4n) is 1.69. The van der Waals surface area contributed by atoms with Crippen LogP contribution in [0.2, 0.25) is 0 Å². The number of phenols is 2. The number of hydrogen-bond acceptors (Lipinski definition) is 4. The van der Waals surface area contributed by atoms with Crippen LogP contribution in [0, 0.1) is 0 Å². The third-order valence-corrected chi connectivity index (χ3v) is 2.70. The zero-order valence-corrected chi connectivity index (χ0v) is 10.5. The van der Waals surface area contributed by atoms with Crippen LogP contribution in [-0.4, -0.2) is 32.4 Å². The van der Waals surface area contributed by atoms with Gasteiger partial charge in [-0.05, 0) is 30.2 Å². The van der Waals surface area contributed by atoms with Crippen molar-refractivity contribution >= 4 is 5.91 Å². The van der Waals surface area contributed by atoms with E-state index in [0.29, 0.717) is 18.5 Å². The Hall–Kier alpha value is -2.50. The van der Waals surface area contributed by atoms with Gasteiger partial charge in [0.05, 0.1) is 6.20 Å². The third kappa shape index (κ3) is 3.25. The zero-order valence-electron chi connectivity index (χ0n) is 10.5. The number of aromatic hydroxyl groups is 2. The van der Waals surface area contributed by atoms with Crippen LogP contribution in [0.15, 0.2) is 30.6 Å². The number of amides is 1. The van der Waals surface area contributed by atoms with Gasteiger partial charge >= 0.3 is 0 Å². The summed E-state index contributed by atoms with van der Waals surface area (Å²) in [5.41, 5.74) is 1.35. The second-order valence-corrected chi connectivity index (χ2v) is 4.23. The second kappa shape index (κ2) is 5.43. The number of phenolic OH excluding ortho intramolecular Hbond substituents is 2. The van der Waals surface area contributed by atoms with E-state index in [9.17, 15) is 9.90 Å². The molecular weight excluding hydrogens is 246 g/mol. The predicted molar refractivity (Wildman–Crippen MR) is 69.0 cm³/mol. The number of carbonyl (C=O) groups is 1. The van der Waals surface area contributed by atoms with Crippen molar-refractivity contribution in [1.82, 2.24) is 15.1 Å². The predicted octanol–water partition coefficient (Wildman–Crippen LogP) is 0.804. The Labute approximate surface area is 110 Å². The molecule has 0 fully saturated rings. The fourth-order valence-corrected chi connectivity index (χ4v) is 1.69. The number of aryl methyl sites for hydroxylation is 1. The summed E-state index contributed by atoms with van der Waals surface area (Å²) in [5.74, 6) is -0.842. The van der Waals surface area contributed by atoms with Crippen molar-refractivity contribution in [1.29, 1.82) is 0 Å². The van der Waals surface area contributed by atoms with E-state index in [1.807, 2.05) is 13.2 Å². The quantitative estimate of drug-likeness (QED) is 0.710. The molecule has 100 valence electrons. The van der Waals surface area contributed by atoms with Gasteiger partial charge in [-0.3, -0.25) is 9.48 Å². The average Bonchev–Trinajstić information content (AvgIpc) is 2.78. The Morgan fingerprint density at radius 3 is 2.79 bits per heavy atom. The highest BCUT2D eigenvalue weighted by molar-refractivity contribution is 5.94. The summed E-state index contributed by atoms with van der Waals surface area (Å²) in [6.45, 7) is 0.478. The molecule has 1 amide bonds. The summed E-state index contributed by atoms with van der Waals surface area (Å²) in [6, 6.07) is 3.97. The maximum atomic E-state index is 11.8. The highest BCUT2D eigenvalue weighted by atomic mass is 16.3. The summed E-state index contributed by atoms with van der Waals surface area (Å²) in [5, 5.41) is 25.2. The minimum atomic E-state index is -0.306. The lowest BCUT2D eigenvalue weighted by Crippen LogP contribution is -2.25. The Morgan fingerprint density at radius 1 is 1.37 bits per heavy atom. The summed E-state index contributed by atoms with van der Waals surface area (Å²) in [4.78, 5) is 11.8. The molecule has 0 spiro atoms. The van der Waals surface area contributed by atoms with Gasteiger partial charge < -0.3 is 15.5 Å². The molecule has 19 heavy (non-hydrogen) atoms. The molecule has 0 bridgehead atoms. The van der Waals surface area contributed by atoms with Gasteiger partial charge in [-0.25, -0.2) is 0 Å². The first-order valence-electron chi connectivity index (χ1n) is 5.84. The summed E-state index contributed by atoms with van der Waals surface area (Å²) >= 11 is 0. The van der Waals surface area contributed by atoms with Crippen molar-refractivity contribution in [2.75, 3.05) is 6.54 Å². The molecule has 0 aliphatic rings. The molecule has 0 aliphatic heterocycles. The molecule has 3 N–H and O–H groups in total. The molecule has 1 aromatic heterocycles. The van der Waals surface area contributed by atoms with E-state index < -0.39 is 0 Å². The Bertz CT molecular complexity index is 593.